The minimum atomic E-state index is -0.0653. The van der Waals surface area contributed by atoms with Gasteiger partial charge < -0.3 is 15.5 Å². The zero-order chi connectivity index (χ0) is 13.5. The molecular formula is C13H22N4O. The zero-order valence-electron chi connectivity index (χ0n) is 11.5. The maximum Gasteiger partial charge on any atom is 0.224 e. The number of carbonyl (C=O) groups excluding carboxylic acids is 1. The number of nitrogens with one attached hydrogen (secondary N) is 2. The highest BCUT2D eigenvalue weighted by Gasteiger charge is 2.16. The first-order chi connectivity index (χ1) is 8.60. The van der Waals surface area contributed by atoms with E-state index >= 15 is 0 Å². The number of nitrogens with zero attached hydrogens (tertiary/aromatic N) is 2. The van der Waals surface area contributed by atoms with Gasteiger partial charge in [-0.25, -0.2) is 4.98 Å². The first-order valence-corrected chi connectivity index (χ1v) is 6.11. The molecule has 5 heteroatoms. The van der Waals surface area contributed by atoms with Crippen molar-refractivity contribution in [1.82, 2.24) is 15.6 Å². The molecule has 0 aliphatic heterocycles. The minimum absolute atomic E-state index is 0.0490. The van der Waals surface area contributed by atoms with Crippen molar-refractivity contribution in [3.63, 3.8) is 0 Å². The summed E-state index contributed by atoms with van der Waals surface area (Å²) in [5, 5.41) is 5.78. The number of carbonyl (C=O) groups is 1. The predicted molar refractivity (Wildman–Crippen MR) is 73.5 cm³/mol. The Morgan fingerprint density at radius 3 is 2.83 bits per heavy atom. The summed E-state index contributed by atoms with van der Waals surface area (Å²) in [4.78, 5) is 17.9. The molecule has 0 radical (unpaired) electrons. The number of rotatable bonds is 6. The monoisotopic (exact) mass is 250 g/mol. The van der Waals surface area contributed by atoms with E-state index in [-0.39, 0.29) is 11.8 Å². The molecule has 1 aromatic rings. The number of pyridine rings is 1. The second-order valence-electron chi connectivity index (χ2n) is 4.41. The lowest BCUT2D eigenvalue weighted by molar-refractivity contribution is -0.123. The minimum Gasteiger partial charge on any atom is -0.359 e. The van der Waals surface area contributed by atoms with Gasteiger partial charge in [-0.05, 0) is 13.1 Å². The van der Waals surface area contributed by atoms with Gasteiger partial charge in [0, 0.05) is 38.9 Å². The fourth-order valence-corrected chi connectivity index (χ4v) is 1.93. The van der Waals surface area contributed by atoms with Gasteiger partial charge in [0.15, 0.2) is 0 Å². The lowest BCUT2D eigenvalue weighted by Crippen LogP contribution is -2.35. The number of anilines is 1. The summed E-state index contributed by atoms with van der Waals surface area (Å²) < 4.78 is 0. The third kappa shape index (κ3) is 3.70. The Balaban J connectivity index is 2.77. The summed E-state index contributed by atoms with van der Waals surface area (Å²) in [5.41, 5.74) is 1.13. The van der Waals surface area contributed by atoms with Gasteiger partial charge in [-0.15, -0.1) is 0 Å². The molecular weight excluding hydrogens is 228 g/mol. The molecule has 0 aliphatic carbocycles. The Morgan fingerprint density at radius 2 is 2.22 bits per heavy atom. The Kier molecular flexibility index (Phi) is 5.58. The van der Waals surface area contributed by atoms with Crippen LogP contribution in [0.5, 0.6) is 0 Å². The van der Waals surface area contributed by atoms with E-state index in [1.807, 2.05) is 38.1 Å². The number of aromatic nitrogens is 1. The average Bonchev–Trinajstić information content (AvgIpc) is 2.38. The highest BCUT2D eigenvalue weighted by Crippen LogP contribution is 2.16. The molecule has 0 aromatic carbocycles. The second kappa shape index (κ2) is 6.96. The Morgan fingerprint density at radius 1 is 1.50 bits per heavy atom. The molecule has 0 saturated heterocycles. The molecule has 0 aliphatic rings. The van der Waals surface area contributed by atoms with E-state index in [1.54, 1.807) is 13.2 Å². The van der Waals surface area contributed by atoms with Gasteiger partial charge >= 0.3 is 0 Å². The van der Waals surface area contributed by atoms with E-state index in [2.05, 4.69) is 15.6 Å². The second-order valence-corrected chi connectivity index (χ2v) is 4.41. The topological polar surface area (TPSA) is 57.3 Å². The Bertz CT molecular complexity index is 394. The third-order valence-corrected chi connectivity index (χ3v) is 2.84. The quantitative estimate of drug-likeness (QED) is 0.777. The lowest BCUT2D eigenvalue weighted by atomic mass is 10.1. The van der Waals surface area contributed by atoms with Crippen LogP contribution in [-0.2, 0) is 11.3 Å². The highest BCUT2D eigenvalue weighted by molar-refractivity contribution is 5.78. The maximum absolute atomic E-state index is 11.5. The van der Waals surface area contributed by atoms with E-state index in [1.165, 1.54) is 0 Å². The summed E-state index contributed by atoms with van der Waals surface area (Å²) in [6, 6.07) is 3.96. The molecule has 1 amide bonds. The molecule has 1 heterocycles. The first-order valence-electron chi connectivity index (χ1n) is 6.11. The smallest absolute Gasteiger partial charge is 0.224 e. The standard InChI is InChI=1S/C13H22N4O/c1-10(13(18)15-3)9-17(4)12-11(8-14-2)6-5-7-16-12/h5-7,10,14H,8-9H2,1-4H3,(H,15,18). The molecule has 0 fully saturated rings. The molecule has 18 heavy (non-hydrogen) atoms. The number of hydrogen-bond acceptors (Lipinski definition) is 4. The summed E-state index contributed by atoms with van der Waals surface area (Å²) in [6.07, 6.45) is 1.77. The summed E-state index contributed by atoms with van der Waals surface area (Å²) >= 11 is 0. The van der Waals surface area contributed by atoms with E-state index < -0.39 is 0 Å². The Labute approximate surface area is 109 Å². The van der Waals surface area contributed by atoms with Crippen LogP contribution in [0.1, 0.15) is 12.5 Å². The zero-order valence-corrected chi connectivity index (χ0v) is 11.5. The van der Waals surface area contributed by atoms with Gasteiger partial charge in [-0.1, -0.05) is 13.0 Å². The molecule has 5 nitrogen and oxygen atoms in total. The molecule has 0 bridgehead atoms. The van der Waals surface area contributed by atoms with Crippen LogP contribution < -0.4 is 15.5 Å². The van der Waals surface area contributed by atoms with Gasteiger partial charge in [-0.3, -0.25) is 4.79 Å². The van der Waals surface area contributed by atoms with E-state index in [4.69, 9.17) is 0 Å². The van der Waals surface area contributed by atoms with Crippen LogP contribution in [0, 0.1) is 5.92 Å². The lowest BCUT2D eigenvalue weighted by Gasteiger charge is -2.23. The van der Waals surface area contributed by atoms with E-state index in [0.29, 0.717) is 6.54 Å². The van der Waals surface area contributed by atoms with Gasteiger partial charge in [-0.2, -0.15) is 0 Å². The molecule has 100 valence electrons. The summed E-state index contributed by atoms with van der Waals surface area (Å²) in [6.45, 7) is 3.32. The van der Waals surface area contributed by atoms with Crippen LogP contribution in [0.4, 0.5) is 5.82 Å². The fourth-order valence-electron chi connectivity index (χ4n) is 1.93. The third-order valence-electron chi connectivity index (χ3n) is 2.84. The van der Waals surface area contributed by atoms with E-state index in [9.17, 15) is 4.79 Å². The van der Waals surface area contributed by atoms with Crippen LogP contribution in [0.3, 0.4) is 0 Å². The molecule has 0 saturated carbocycles. The van der Waals surface area contributed by atoms with Gasteiger partial charge in [0.1, 0.15) is 5.82 Å². The van der Waals surface area contributed by atoms with Gasteiger partial charge in [0.25, 0.3) is 0 Å². The number of hydrogen-bond donors (Lipinski definition) is 2. The van der Waals surface area contributed by atoms with Crippen LogP contribution in [0.2, 0.25) is 0 Å². The fraction of sp³-hybridized carbons (Fsp3) is 0.538. The molecule has 1 atom stereocenters. The average molecular weight is 250 g/mol. The van der Waals surface area contributed by atoms with E-state index in [0.717, 1.165) is 17.9 Å². The van der Waals surface area contributed by atoms with Crippen molar-refractivity contribution in [3.05, 3.63) is 23.9 Å². The molecule has 1 unspecified atom stereocenters. The van der Waals surface area contributed by atoms with Gasteiger partial charge in [0.2, 0.25) is 5.91 Å². The van der Waals surface area contributed by atoms with Crippen molar-refractivity contribution in [2.75, 3.05) is 32.6 Å². The van der Waals surface area contributed by atoms with Crippen LogP contribution in [-0.4, -0.2) is 38.6 Å². The van der Waals surface area contributed by atoms with Crippen molar-refractivity contribution in [2.24, 2.45) is 5.92 Å². The number of amides is 1. The van der Waals surface area contributed by atoms with Crippen molar-refractivity contribution < 1.29 is 4.79 Å². The van der Waals surface area contributed by atoms with Crippen LogP contribution >= 0.6 is 0 Å². The van der Waals surface area contributed by atoms with Crippen molar-refractivity contribution >= 4 is 11.7 Å². The Hall–Kier alpha value is -1.62. The largest absolute Gasteiger partial charge is 0.359 e. The van der Waals surface area contributed by atoms with Crippen molar-refractivity contribution in [2.45, 2.75) is 13.5 Å². The highest BCUT2D eigenvalue weighted by atomic mass is 16.1. The predicted octanol–water partition coefficient (Wildman–Crippen LogP) is 0.619. The summed E-state index contributed by atoms with van der Waals surface area (Å²) in [7, 11) is 5.52. The van der Waals surface area contributed by atoms with Crippen LogP contribution in [0.15, 0.2) is 18.3 Å². The molecule has 2 N–H and O–H groups in total. The summed E-state index contributed by atoms with van der Waals surface area (Å²) in [5.74, 6) is 0.903. The normalized spacial score (nSPS) is 12.0. The molecule has 1 rings (SSSR count). The first kappa shape index (κ1) is 14.4. The van der Waals surface area contributed by atoms with Gasteiger partial charge in [0.05, 0.1) is 5.92 Å². The SMILES string of the molecule is CNCc1cccnc1N(C)CC(C)C(=O)NC. The molecule has 1 aromatic heterocycles. The maximum atomic E-state index is 11.5. The van der Waals surface area contributed by atoms with Crippen molar-refractivity contribution in [1.29, 1.82) is 0 Å². The van der Waals surface area contributed by atoms with Crippen molar-refractivity contribution in [3.8, 4) is 0 Å². The molecule has 0 spiro atoms. The van der Waals surface area contributed by atoms with Crippen LogP contribution in [0.25, 0.3) is 0 Å².